The zero-order valence-electron chi connectivity index (χ0n) is 44.4. The molecule has 4 aromatic carbocycles. The number of ether oxygens (including phenoxy) is 6. The van der Waals surface area contributed by atoms with Gasteiger partial charge in [0, 0.05) is 61.0 Å². The number of aromatic amines is 2. The normalized spacial score (nSPS) is 28.5. The fourth-order valence-corrected chi connectivity index (χ4v) is 11.2. The summed E-state index contributed by atoms with van der Waals surface area (Å²) < 4.78 is 36.7. The lowest BCUT2D eigenvalue weighted by Crippen LogP contribution is -2.60. The molecule has 0 amide bonds. The molecule has 0 unspecified atom stereocenters. The highest BCUT2D eigenvalue weighted by Gasteiger charge is 2.47. The van der Waals surface area contributed by atoms with Crippen molar-refractivity contribution in [3.63, 3.8) is 0 Å². The molecule has 436 valence electrons. The Balaban J connectivity index is 1.14. The molecule has 22 nitrogen and oxygen atoms in total. The Labute approximate surface area is 478 Å². The van der Waals surface area contributed by atoms with Gasteiger partial charge in [-0.05, 0) is 72.3 Å². The lowest BCUT2D eigenvalue weighted by molar-refractivity contribution is -0.277. The lowest BCUT2D eigenvalue weighted by atomic mass is 9.99. The number of benzene rings is 4. The Bertz CT molecular complexity index is 3590. The molecule has 3 aromatic heterocycles. The van der Waals surface area contributed by atoms with E-state index in [4.69, 9.17) is 38.4 Å². The van der Waals surface area contributed by atoms with Gasteiger partial charge in [0.1, 0.15) is 90.5 Å². The second-order valence-corrected chi connectivity index (χ2v) is 20.8. The molecule has 15 atom stereocenters. The predicted octanol–water partition coefficient (Wildman–Crippen LogP) is 2.86. The van der Waals surface area contributed by atoms with Gasteiger partial charge in [-0.2, -0.15) is 0 Å². The minimum Gasteiger partial charge on any atom is -0.461 e. The molecule has 3 fully saturated rings. The average Bonchev–Trinajstić information content (AvgIpc) is 3.07. The molecule has 5 aliphatic rings. The Hall–Kier alpha value is -7.72. The summed E-state index contributed by atoms with van der Waals surface area (Å²) in [6, 6.07) is 37.7. The maximum absolute atomic E-state index is 11.2. The minimum atomic E-state index is -1.77. The van der Waals surface area contributed by atoms with Crippen LogP contribution in [-0.2, 0) is 14.2 Å². The van der Waals surface area contributed by atoms with E-state index in [9.17, 15) is 61.3 Å². The van der Waals surface area contributed by atoms with Gasteiger partial charge in [0.25, 0.3) is 0 Å². The van der Waals surface area contributed by atoms with E-state index < -0.39 is 112 Å². The summed E-state index contributed by atoms with van der Waals surface area (Å²) in [6.45, 7) is -2.06. The SMILES string of the molecule is OC[C@H]1O[C@@H](Oc2ccccc2-c2c3nc(c(-c4ccccc4O[C@@H]4O[C@H](CO)[C@@H](O)[C@H](O)[C@H]4O)c4ccc([nH]4)c(-c4ccccc4)c4ccc([nH]4)c(-c4ccccc4O[C@@H]4O[C@H](CO)[C@@H](O)[C@H](O)[C@H]4O)c4nc2C=C4)C=C3)[C@H](O)[C@@H](O)[C@@H]1O. The van der Waals surface area contributed by atoms with Gasteiger partial charge in [0.2, 0.25) is 18.9 Å². The van der Waals surface area contributed by atoms with Gasteiger partial charge >= 0.3 is 0 Å². The second-order valence-electron chi connectivity index (χ2n) is 20.8. The Morgan fingerprint density at radius 3 is 0.976 bits per heavy atom. The Morgan fingerprint density at radius 2 is 0.631 bits per heavy atom. The van der Waals surface area contributed by atoms with Crippen molar-refractivity contribution in [1.29, 1.82) is 0 Å². The number of rotatable bonds is 13. The van der Waals surface area contributed by atoms with E-state index in [1.54, 1.807) is 97.1 Å². The highest BCUT2D eigenvalue weighted by atomic mass is 16.7. The summed E-state index contributed by atoms with van der Waals surface area (Å²) in [5.74, 6) is 0.436. The van der Waals surface area contributed by atoms with E-state index in [0.717, 1.165) is 11.1 Å². The van der Waals surface area contributed by atoms with Crippen molar-refractivity contribution < 1.29 is 89.7 Å². The first kappa shape index (κ1) is 56.7. The lowest BCUT2D eigenvalue weighted by Gasteiger charge is -2.39. The molecule has 22 heteroatoms. The van der Waals surface area contributed by atoms with Crippen molar-refractivity contribution in [2.24, 2.45) is 0 Å². The van der Waals surface area contributed by atoms with Gasteiger partial charge in [-0.1, -0.05) is 84.9 Å². The number of aliphatic hydroxyl groups is 12. The number of aromatic nitrogens is 4. The van der Waals surface area contributed by atoms with Gasteiger partial charge in [0.15, 0.2) is 0 Å². The zero-order chi connectivity index (χ0) is 58.5. The predicted molar refractivity (Wildman–Crippen MR) is 304 cm³/mol. The van der Waals surface area contributed by atoms with Crippen LogP contribution in [0.5, 0.6) is 17.2 Å². The van der Waals surface area contributed by atoms with Crippen LogP contribution in [0.25, 0.3) is 90.9 Å². The molecular weight excluding hydrogens is 1090 g/mol. The number of para-hydroxylation sites is 3. The van der Waals surface area contributed by atoms with E-state index in [2.05, 4.69) is 9.97 Å². The fraction of sp³-hybridized carbons (Fsp3) is 0.290. The third-order valence-corrected chi connectivity index (χ3v) is 15.6. The van der Waals surface area contributed by atoms with Crippen LogP contribution in [0.3, 0.4) is 0 Å². The van der Waals surface area contributed by atoms with Crippen LogP contribution in [0, 0.1) is 0 Å². The molecular formula is C62H60N4O18. The zero-order valence-corrected chi connectivity index (χ0v) is 44.4. The summed E-state index contributed by atoms with van der Waals surface area (Å²) in [4.78, 5) is 18.0. The smallest absolute Gasteiger partial charge is 0.229 e. The van der Waals surface area contributed by atoms with Crippen molar-refractivity contribution in [3.8, 4) is 61.8 Å². The monoisotopic (exact) mass is 1150 g/mol. The van der Waals surface area contributed by atoms with E-state index in [0.29, 0.717) is 78.2 Å². The van der Waals surface area contributed by atoms with Gasteiger partial charge < -0.3 is 99.7 Å². The number of nitrogens with one attached hydrogen (secondary N) is 2. The van der Waals surface area contributed by atoms with E-state index in [-0.39, 0.29) is 17.2 Å². The third-order valence-electron chi connectivity index (χ3n) is 15.6. The topological polar surface area (TPSA) is 356 Å². The van der Waals surface area contributed by atoms with Crippen LogP contribution in [0.2, 0.25) is 0 Å². The van der Waals surface area contributed by atoms with Gasteiger partial charge in [-0.3, -0.25) is 0 Å². The largest absolute Gasteiger partial charge is 0.461 e. The fourth-order valence-electron chi connectivity index (χ4n) is 11.2. The summed E-state index contributed by atoms with van der Waals surface area (Å²) in [5, 5.41) is 128. The van der Waals surface area contributed by atoms with Crippen LogP contribution in [0.4, 0.5) is 0 Å². The first-order valence-electron chi connectivity index (χ1n) is 27.2. The number of nitrogens with zero attached hydrogens (tertiary/aromatic N) is 2. The maximum Gasteiger partial charge on any atom is 0.229 e. The summed E-state index contributed by atoms with van der Waals surface area (Å²) in [6.07, 6.45) is -16.8. The highest BCUT2D eigenvalue weighted by Crippen LogP contribution is 2.45. The van der Waals surface area contributed by atoms with Crippen molar-refractivity contribution in [1.82, 2.24) is 19.9 Å². The molecule has 0 radical (unpaired) electrons. The van der Waals surface area contributed by atoms with E-state index >= 15 is 0 Å². The standard InChI is InChI=1S/C62H60N4O18/c67-26-44-51(70)54(73)57(76)60(82-44)79-41-15-7-4-12-30(41)48-35-20-18-33(63-35)47(29-10-2-1-3-11-29)34-19-21-36(64-34)49(31-13-5-8-16-42(31)80-61-58(77)55(74)52(71)45(27-68)83-61)38-23-25-40(66-38)50(39-24-22-37(48)65-39)32-14-6-9-17-43(32)81-62-59(78)56(75)53(72)46(28-69)84-62/h1-25,44-46,51-64,67-78H,26-28H2/t44-,45-,46-,51-,52-,53-,54+,55+,56+,57-,58-,59-,60-,61-,62-/m1/s1. The molecule has 8 bridgehead atoms. The molecule has 7 aromatic rings. The van der Waals surface area contributed by atoms with Crippen molar-refractivity contribution in [3.05, 3.63) is 150 Å². The number of fused-ring (bicyclic) bond motifs is 8. The van der Waals surface area contributed by atoms with Crippen molar-refractivity contribution >= 4 is 46.4 Å². The molecule has 12 rings (SSSR count). The summed E-state index contributed by atoms with van der Waals surface area (Å²) >= 11 is 0. The molecule has 8 heterocycles. The number of hydrogen-bond acceptors (Lipinski definition) is 20. The molecule has 0 spiro atoms. The van der Waals surface area contributed by atoms with Gasteiger partial charge in [-0.25, -0.2) is 9.97 Å². The number of H-pyrrole nitrogens is 2. The Kier molecular flexibility index (Phi) is 16.0. The van der Waals surface area contributed by atoms with Crippen molar-refractivity contribution in [2.75, 3.05) is 19.8 Å². The van der Waals surface area contributed by atoms with Crippen molar-refractivity contribution in [2.45, 2.75) is 92.1 Å². The van der Waals surface area contributed by atoms with Crippen LogP contribution in [-0.4, -0.2) is 193 Å². The van der Waals surface area contributed by atoms with E-state index in [1.807, 2.05) is 54.6 Å². The third kappa shape index (κ3) is 10.5. The van der Waals surface area contributed by atoms with Crippen LogP contribution < -0.4 is 14.2 Å². The molecule has 84 heavy (non-hydrogen) atoms. The van der Waals surface area contributed by atoms with E-state index in [1.165, 1.54) is 0 Å². The molecule has 0 saturated carbocycles. The van der Waals surface area contributed by atoms with Gasteiger partial charge in [-0.15, -0.1) is 0 Å². The van der Waals surface area contributed by atoms with Crippen LogP contribution in [0.1, 0.15) is 22.8 Å². The number of hydrogen-bond donors (Lipinski definition) is 14. The molecule has 3 saturated heterocycles. The summed E-state index contributed by atoms with van der Waals surface area (Å²) in [5.41, 5.74) is 7.84. The second kappa shape index (κ2) is 23.7. The summed E-state index contributed by atoms with van der Waals surface area (Å²) in [7, 11) is 0. The molecule has 0 aliphatic carbocycles. The highest BCUT2D eigenvalue weighted by molar-refractivity contribution is 6.01. The van der Waals surface area contributed by atoms with Gasteiger partial charge in [0.05, 0.1) is 42.6 Å². The molecule has 14 N–H and O–H groups in total. The van der Waals surface area contributed by atoms with Crippen LogP contribution in [0.15, 0.2) is 127 Å². The molecule has 5 aliphatic heterocycles. The maximum atomic E-state index is 11.2. The Morgan fingerprint density at radius 1 is 0.333 bits per heavy atom. The van der Waals surface area contributed by atoms with Crippen LogP contribution >= 0.6 is 0 Å². The minimum absolute atomic E-state index is 0.109. The first-order valence-corrected chi connectivity index (χ1v) is 27.2. The first-order chi connectivity index (χ1) is 40.7. The average molecular weight is 1150 g/mol. The number of aliphatic hydroxyl groups excluding tert-OH is 12. The quantitative estimate of drug-likeness (QED) is 0.0789.